The Morgan fingerprint density at radius 1 is 1.23 bits per heavy atom. The van der Waals surface area contributed by atoms with Gasteiger partial charge in [-0.15, -0.1) is 11.3 Å². The number of alkyl halides is 3. The topological polar surface area (TPSA) is 50.5 Å². The molecule has 3 aromatic rings. The molecule has 4 rings (SSSR count). The third-order valence-electron chi connectivity index (χ3n) is 5.56. The highest BCUT2D eigenvalue weighted by Gasteiger charge is 2.36. The van der Waals surface area contributed by atoms with E-state index in [2.05, 4.69) is 10.1 Å². The molecule has 1 fully saturated rings. The first-order chi connectivity index (χ1) is 14.3. The second-order valence-corrected chi connectivity index (χ2v) is 8.67. The van der Waals surface area contributed by atoms with Gasteiger partial charge in [0, 0.05) is 23.5 Å². The number of likely N-dealkylation sites (tertiary alicyclic amines) is 1. The number of hydrogen-bond acceptors (Lipinski definition) is 4. The van der Waals surface area contributed by atoms with Crippen molar-refractivity contribution >= 4 is 22.9 Å². The molecule has 1 amide bonds. The van der Waals surface area contributed by atoms with Crippen LogP contribution in [0.15, 0.2) is 24.3 Å². The zero-order valence-electron chi connectivity index (χ0n) is 16.9. The van der Waals surface area contributed by atoms with E-state index in [1.165, 1.54) is 17.4 Å². The van der Waals surface area contributed by atoms with Crippen molar-refractivity contribution in [3.8, 4) is 10.6 Å². The summed E-state index contributed by atoms with van der Waals surface area (Å²) in [4.78, 5) is 20.9. The fourth-order valence-corrected chi connectivity index (χ4v) is 4.86. The van der Waals surface area contributed by atoms with Crippen LogP contribution in [0.2, 0.25) is 0 Å². The Labute approximate surface area is 176 Å². The zero-order valence-corrected chi connectivity index (χ0v) is 17.7. The summed E-state index contributed by atoms with van der Waals surface area (Å²) < 4.78 is 42.1. The van der Waals surface area contributed by atoms with Crippen molar-refractivity contribution in [3.63, 3.8) is 0 Å². The molecule has 0 unspecified atom stereocenters. The summed E-state index contributed by atoms with van der Waals surface area (Å²) in [7, 11) is 0. The normalized spacial score (nSPS) is 17.6. The van der Waals surface area contributed by atoms with E-state index in [1.54, 1.807) is 11.0 Å². The first-order valence-corrected chi connectivity index (χ1v) is 11.0. The predicted octanol–water partition coefficient (Wildman–Crippen LogP) is 5.44. The minimum absolute atomic E-state index is 0.00549. The number of aromatic nitrogens is 3. The molecular weight excluding hydrogens is 413 g/mol. The molecule has 1 aliphatic rings. The van der Waals surface area contributed by atoms with Crippen molar-refractivity contribution in [3.05, 3.63) is 40.5 Å². The van der Waals surface area contributed by atoms with Crippen LogP contribution >= 0.6 is 11.3 Å². The van der Waals surface area contributed by atoms with Gasteiger partial charge < -0.3 is 4.90 Å². The molecule has 160 valence electrons. The number of fused-ring (bicyclic) bond motifs is 1. The molecule has 4 heterocycles. The van der Waals surface area contributed by atoms with E-state index in [0.717, 1.165) is 47.6 Å². The van der Waals surface area contributed by atoms with E-state index in [4.69, 9.17) is 0 Å². The molecule has 0 aliphatic carbocycles. The van der Waals surface area contributed by atoms with Crippen LogP contribution in [0.5, 0.6) is 0 Å². The largest absolute Gasteiger partial charge is 0.433 e. The Balaban J connectivity index is 1.79. The number of rotatable bonds is 4. The van der Waals surface area contributed by atoms with Crippen molar-refractivity contribution in [1.82, 2.24) is 19.5 Å². The van der Waals surface area contributed by atoms with Gasteiger partial charge in [-0.3, -0.25) is 4.79 Å². The fourth-order valence-electron chi connectivity index (χ4n) is 3.95. The van der Waals surface area contributed by atoms with Crippen molar-refractivity contribution in [2.45, 2.75) is 58.2 Å². The predicted molar refractivity (Wildman–Crippen MR) is 110 cm³/mol. The molecule has 1 atom stereocenters. The van der Waals surface area contributed by atoms with Crippen molar-refractivity contribution in [2.24, 2.45) is 0 Å². The summed E-state index contributed by atoms with van der Waals surface area (Å²) in [5.41, 5.74) is -0.660. The molecule has 30 heavy (non-hydrogen) atoms. The number of carbonyl (C=O) groups excluding carboxylic acids is 1. The molecule has 0 spiro atoms. The summed E-state index contributed by atoms with van der Waals surface area (Å²) in [6.45, 7) is 4.61. The van der Waals surface area contributed by atoms with E-state index in [0.29, 0.717) is 11.4 Å². The van der Waals surface area contributed by atoms with Crippen LogP contribution in [-0.2, 0) is 12.6 Å². The van der Waals surface area contributed by atoms with Gasteiger partial charge in [-0.05, 0) is 50.3 Å². The average molecular weight is 437 g/mol. The Morgan fingerprint density at radius 3 is 2.70 bits per heavy atom. The van der Waals surface area contributed by atoms with Crippen LogP contribution < -0.4 is 0 Å². The van der Waals surface area contributed by atoms with Crippen LogP contribution in [0.3, 0.4) is 0 Å². The third kappa shape index (κ3) is 3.82. The van der Waals surface area contributed by atoms with Gasteiger partial charge in [-0.1, -0.05) is 13.8 Å². The van der Waals surface area contributed by atoms with Crippen LogP contribution in [0.4, 0.5) is 13.2 Å². The smallest absolute Gasteiger partial charge is 0.334 e. The van der Waals surface area contributed by atoms with Gasteiger partial charge in [0.25, 0.3) is 5.91 Å². The lowest BCUT2D eigenvalue weighted by atomic mass is 9.99. The number of piperidine rings is 1. The molecular formula is C21H23F3N4OS. The van der Waals surface area contributed by atoms with E-state index >= 15 is 0 Å². The Bertz CT molecular complexity index is 1070. The lowest BCUT2D eigenvalue weighted by Gasteiger charge is -2.34. The first kappa shape index (κ1) is 20.8. The number of halogens is 3. The van der Waals surface area contributed by atoms with Crippen molar-refractivity contribution in [2.75, 3.05) is 6.54 Å². The molecule has 0 bridgehead atoms. The van der Waals surface area contributed by atoms with Crippen LogP contribution in [0.1, 0.15) is 60.6 Å². The maximum Gasteiger partial charge on any atom is 0.433 e. The number of hydrogen-bond donors (Lipinski definition) is 0. The van der Waals surface area contributed by atoms with E-state index in [9.17, 15) is 18.0 Å². The van der Waals surface area contributed by atoms with Gasteiger partial charge in [0.1, 0.15) is 0 Å². The molecule has 0 radical (unpaired) electrons. The number of amides is 1. The average Bonchev–Trinajstić information content (AvgIpc) is 3.38. The zero-order chi connectivity index (χ0) is 21.5. The van der Waals surface area contributed by atoms with Gasteiger partial charge in [-0.2, -0.15) is 18.3 Å². The maximum atomic E-state index is 13.8. The van der Waals surface area contributed by atoms with E-state index in [1.807, 2.05) is 19.9 Å². The van der Waals surface area contributed by atoms with Crippen molar-refractivity contribution < 1.29 is 18.0 Å². The Morgan fingerprint density at radius 2 is 2.03 bits per heavy atom. The number of carbonyl (C=O) groups is 1. The quantitative estimate of drug-likeness (QED) is 0.547. The van der Waals surface area contributed by atoms with Crippen LogP contribution in [0.25, 0.3) is 16.2 Å². The lowest BCUT2D eigenvalue weighted by molar-refractivity contribution is -0.142. The monoisotopic (exact) mass is 436 g/mol. The van der Waals surface area contributed by atoms with Crippen molar-refractivity contribution in [1.29, 1.82) is 0 Å². The molecule has 1 saturated heterocycles. The molecule has 1 aliphatic heterocycles. The second kappa shape index (κ2) is 8.02. The van der Waals surface area contributed by atoms with Crippen LogP contribution in [-0.4, -0.2) is 38.0 Å². The van der Waals surface area contributed by atoms with Gasteiger partial charge in [0.05, 0.1) is 10.6 Å². The van der Waals surface area contributed by atoms with Gasteiger partial charge >= 0.3 is 6.18 Å². The molecule has 0 aromatic carbocycles. The minimum Gasteiger partial charge on any atom is -0.334 e. The summed E-state index contributed by atoms with van der Waals surface area (Å²) in [5, 5.41) is 4.03. The maximum absolute atomic E-state index is 13.8. The van der Waals surface area contributed by atoms with E-state index in [-0.39, 0.29) is 29.0 Å². The first-order valence-electron chi connectivity index (χ1n) is 10.2. The highest BCUT2D eigenvalue weighted by atomic mass is 32.1. The molecule has 5 nitrogen and oxygen atoms in total. The molecule has 0 N–H and O–H groups in total. The van der Waals surface area contributed by atoms with E-state index < -0.39 is 11.9 Å². The third-order valence-corrected chi connectivity index (χ3v) is 6.81. The van der Waals surface area contributed by atoms with Gasteiger partial charge in [0.2, 0.25) is 0 Å². The standard InChI is InChI=1S/C21H23F3N4OS/c1-3-13-7-5-6-10-27(13)20(29)16-12-19-25-15(17-9-8-14(4-2)30-17)11-18(21(22,23)24)28(19)26-16/h8-9,11-13H,3-7,10H2,1-2H3/t13-/m1/s1. The number of nitrogens with zero attached hydrogens (tertiary/aromatic N) is 4. The number of aryl methyl sites for hydroxylation is 1. The van der Waals surface area contributed by atoms with Gasteiger partial charge in [0.15, 0.2) is 17.0 Å². The van der Waals surface area contributed by atoms with Gasteiger partial charge in [-0.25, -0.2) is 9.50 Å². The molecule has 0 saturated carbocycles. The highest BCUT2D eigenvalue weighted by Crippen LogP contribution is 2.34. The summed E-state index contributed by atoms with van der Waals surface area (Å²) in [5.74, 6) is -0.328. The minimum atomic E-state index is -4.62. The Hall–Kier alpha value is -2.42. The second-order valence-electron chi connectivity index (χ2n) is 7.50. The highest BCUT2D eigenvalue weighted by molar-refractivity contribution is 7.15. The Kier molecular flexibility index (Phi) is 5.57. The molecule has 3 aromatic heterocycles. The summed E-state index contributed by atoms with van der Waals surface area (Å²) >= 11 is 1.42. The lowest BCUT2D eigenvalue weighted by Crippen LogP contribution is -2.43. The van der Waals surface area contributed by atoms with Crippen LogP contribution in [0, 0.1) is 0 Å². The number of thiophene rings is 1. The summed E-state index contributed by atoms with van der Waals surface area (Å²) in [6, 6.07) is 6.16. The molecule has 9 heteroatoms. The SMILES string of the molecule is CCc1ccc(-c2cc(C(F)(F)F)n3nc(C(=O)N4CCCC[C@H]4CC)cc3n2)s1. The fraction of sp³-hybridized carbons (Fsp3) is 0.476. The summed E-state index contributed by atoms with van der Waals surface area (Å²) in [6.07, 6.45) is -0.151.